The van der Waals surface area contributed by atoms with Gasteiger partial charge in [0.15, 0.2) is 0 Å². The van der Waals surface area contributed by atoms with Crippen LogP contribution in [0.15, 0.2) is 23.8 Å². The zero-order valence-corrected chi connectivity index (χ0v) is 11.4. The highest BCUT2D eigenvalue weighted by Gasteiger charge is 2.45. The van der Waals surface area contributed by atoms with Crippen LogP contribution in [0.5, 0.6) is 0 Å². The molecule has 2 bridgehead atoms. The van der Waals surface area contributed by atoms with Gasteiger partial charge in [-0.05, 0) is 55.6 Å². The highest BCUT2D eigenvalue weighted by Crippen LogP contribution is 2.54. The minimum atomic E-state index is -0.135. The van der Waals surface area contributed by atoms with Gasteiger partial charge in [-0.2, -0.15) is 0 Å². The molecule has 17 heavy (non-hydrogen) atoms. The maximum atomic E-state index is 6.60. The van der Waals surface area contributed by atoms with Gasteiger partial charge in [-0.15, -0.1) is 0 Å². The Bertz CT molecular complexity index is 369. The van der Waals surface area contributed by atoms with Crippen molar-refractivity contribution in [3.63, 3.8) is 0 Å². The van der Waals surface area contributed by atoms with Crippen LogP contribution in [0.1, 0.15) is 46.5 Å². The molecule has 2 N–H and O–H groups in total. The Hall–Kier alpha value is -0.495. The summed E-state index contributed by atoms with van der Waals surface area (Å²) in [5, 5.41) is -0.135. The van der Waals surface area contributed by atoms with Gasteiger partial charge >= 0.3 is 0 Å². The van der Waals surface area contributed by atoms with Crippen LogP contribution in [0.2, 0.25) is 5.31 Å². The van der Waals surface area contributed by atoms with Crippen LogP contribution in [0, 0.1) is 11.8 Å². The Morgan fingerprint density at radius 3 is 2.65 bits per heavy atom. The monoisotopic (exact) mass is 229 g/mol. The van der Waals surface area contributed by atoms with Crippen LogP contribution >= 0.6 is 0 Å². The molecule has 0 amide bonds. The predicted molar refractivity (Wildman–Crippen MR) is 75.1 cm³/mol. The molecule has 1 nitrogen and oxygen atoms in total. The molecular formula is C15H24BN. The summed E-state index contributed by atoms with van der Waals surface area (Å²) in [7, 11) is 6.38. The van der Waals surface area contributed by atoms with E-state index in [1.165, 1.54) is 11.1 Å². The van der Waals surface area contributed by atoms with Crippen molar-refractivity contribution in [2.24, 2.45) is 17.6 Å². The van der Waals surface area contributed by atoms with E-state index in [0.29, 0.717) is 11.8 Å². The van der Waals surface area contributed by atoms with E-state index in [1.54, 1.807) is 0 Å². The van der Waals surface area contributed by atoms with Gasteiger partial charge in [0.2, 0.25) is 0 Å². The second-order valence-electron chi connectivity index (χ2n) is 6.67. The molecule has 2 aliphatic carbocycles. The molecule has 0 aromatic heterocycles. The Kier molecular flexibility index (Phi) is 3.06. The Morgan fingerprint density at radius 1 is 1.41 bits per heavy atom. The second kappa shape index (κ2) is 4.01. The number of hydrogen-bond acceptors (Lipinski definition) is 1. The fraction of sp³-hybridized carbons (Fsp3) is 0.733. The molecule has 2 rings (SSSR count). The summed E-state index contributed by atoms with van der Waals surface area (Å²) >= 11 is 0. The summed E-state index contributed by atoms with van der Waals surface area (Å²) in [6.07, 6.45) is 6.26. The topological polar surface area (TPSA) is 26.0 Å². The van der Waals surface area contributed by atoms with E-state index in [4.69, 9.17) is 13.6 Å². The average Bonchev–Trinajstić information content (AvgIpc) is 2.19. The molecule has 2 radical (unpaired) electrons. The molecule has 0 heterocycles. The quantitative estimate of drug-likeness (QED) is 0.633. The Labute approximate surface area is 107 Å². The Morgan fingerprint density at radius 2 is 2.06 bits per heavy atom. The first-order valence-corrected chi connectivity index (χ1v) is 6.69. The summed E-state index contributed by atoms with van der Waals surface area (Å²) in [6, 6.07) is 0. The molecule has 2 aliphatic rings. The first-order chi connectivity index (χ1) is 7.76. The maximum Gasteiger partial charge on any atom is 0.0743 e. The van der Waals surface area contributed by atoms with Crippen LogP contribution in [-0.4, -0.2) is 13.4 Å². The van der Waals surface area contributed by atoms with Gasteiger partial charge in [0.1, 0.15) is 0 Å². The number of fused-ring (bicyclic) bond motifs is 2. The number of allylic oxidation sites excluding steroid dienone is 3. The highest BCUT2D eigenvalue weighted by atomic mass is 14.8. The summed E-state index contributed by atoms with van der Waals surface area (Å²) in [5.41, 5.74) is 9.18. The minimum Gasteiger partial charge on any atom is -0.325 e. The molecule has 4 unspecified atom stereocenters. The smallest absolute Gasteiger partial charge is 0.0743 e. The normalized spacial score (nSPS) is 49.2. The molecule has 92 valence electrons. The first-order valence-electron chi connectivity index (χ1n) is 6.69. The molecule has 2 heteroatoms. The lowest BCUT2D eigenvalue weighted by atomic mass is 9.53. The third-order valence-electron chi connectivity index (χ3n) is 4.54. The van der Waals surface area contributed by atoms with E-state index in [9.17, 15) is 0 Å². The van der Waals surface area contributed by atoms with Crippen LogP contribution in [-0.2, 0) is 0 Å². The summed E-state index contributed by atoms with van der Waals surface area (Å²) in [6.45, 7) is 10.8. The van der Waals surface area contributed by atoms with E-state index in [0.717, 1.165) is 25.7 Å². The van der Waals surface area contributed by atoms with Crippen LogP contribution in [0.25, 0.3) is 0 Å². The third kappa shape index (κ3) is 2.38. The maximum absolute atomic E-state index is 6.60. The van der Waals surface area contributed by atoms with E-state index in [2.05, 4.69) is 33.4 Å². The lowest BCUT2D eigenvalue weighted by molar-refractivity contribution is 0.194. The van der Waals surface area contributed by atoms with E-state index in [-0.39, 0.29) is 10.9 Å². The van der Waals surface area contributed by atoms with Gasteiger partial charge in [-0.3, -0.25) is 0 Å². The summed E-state index contributed by atoms with van der Waals surface area (Å²) < 4.78 is 0. The number of nitrogens with two attached hydrogens (primary N) is 1. The van der Waals surface area contributed by atoms with Crippen LogP contribution in [0.3, 0.4) is 0 Å². The Balaban J connectivity index is 2.40. The molecule has 0 spiro atoms. The van der Waals surface area contributed by atoms with Gasteiger partial charge in [-0.25, -0.2) is 0 Å². The number of rotatable bonds is 0. The fourth-order valence-electron chi connectivity index (χ4n) is 4.22. The standard InChI is InChI=1S/C15H24BN/c1-5-13-10(2)6-15(17)8-12(11(13)3)7-14(4,16)9-15/h5,10,12H,3,6-9,17H2,1-2,4H3/b13-5-. The second-order valence-corrected chi connectivity index (χ2v) is 6.67. The summed E-state index contributed by atoms with van der Waals surface area (Å²) in [5.74, 6) is 0.983. The van der Waals surface area contributed by atoms with Crippen molar-refractivity contribution >= 4 is 7.85 Å². The largest absolute Gasteiger partial charge is 0.325 e. The van der Waals surface area contributed by atoms with Crippen molar-refractivity contribution in [3.8, 4) is 0 Å². The predicted octanol–water partition coefficient (Wildman–Crippen LogP) is 3.37. The van der Waals surface area contributed by atoms with Crippen LogP contribution < -0.4 is 5.73 Å². The molecule has 0 aromatic carbocycles. The number of hydrogen-bond donors (Lipinski definition) is 1. The van der Waals surface area contributed by atoms with Crippen molar-refractivity contribution in [3.05, 3.63) is 23.8 Å². The molecule has 4 atom stereocenters. The first kappa shape index (κ1) is 12.9. The molecule has 0 aliphatic heterocycles. The van der Waals surface area contributed by atoms with Crippen molar-refractivity contribution in [2.75, 3.05) is 0 Å². The van der Waals surface area contributed by atoms with Gasteiger partial charge in [0, 0.05) is 5.54 Å². The van der Waals surface area contributed by atoms with E-state index < -0.39 is 0 Å². The van der Waals surface area contributed by atoms with Crippen molar-refractivity contribution in [1.29, 1.82) is 0 Å². The van der Waals surface area contributed by atoms with Crippen molar-refractivity contribution in [2.45, 2.75) is 57.3 Å². The van der Waals surface area contributed by atoms with Gasteiger partial charge in [0.25, 0.3) is 0 Å². The lowest BCUT2D eigenvalue weighted by Gasteiger charge is -2.46. The molecular weight excluding hydrogens is 205 g/mol. The van der Waals surface area contributed by atoms with Gasteiger partial charge < -0.3 is 5.73 Å². The van der Waals surface area contributed by atoms with Crippen molar-refractivity contribution < 1.29 is 0 Å². The average molecular weight is 229 g/mol. The zero-order valence-electron chi connectivity index (χ0n) is 11.4. The minimum absolute atomic E-state index is 0.0977. The van der Waals surface area contributed by atoms with Crippen LogP contribution in [0.4, 0.5) is 0 Å². The van der Waals surface area contributed by atoms with Gasteiger partial charge in [-0.1, -0.05) is 31.8 Å². The van der Waals surface area contributed by atoms with Crippen molar-refractivity contribution in [1.82, 2.24) is 0 Å². The lowest BCUT2D eigenvalue weighted by Crippen LogP contribution is -2.48. The molecule has 2 saturated carbocycles. The summed E-state index contributed by atoms with van der Waals surface area (Å²) in [4.78, 5) is 0. The van der Waals surface area contributed by atoms with E-state index in [1.807, 2.05) is 0 Å². The zero-order chi connectivity index (χ0) is 12.8. The molecule has 0 saturated heterocycles. The third-order valence-corrected chi connectivity index (χ3v) is 4.54. The van der Waals surface area contributed by atoms with Gasteiger partial charge in [0.05, 0.1) is 7.85 Å². The molecule has 0 aromatic rings. The highest BCUT2D eigenvalue weighted by molar-refractivity contribution is 6.15. The fourth-order valence-corrected chi connectivity index (χ4v) is 4.22. The SMILES string of the molecule is [B]C1(C)CC2CC(N)(CC(C)/C(=C/C)C2=C)C1. The molecule has 2 fully saturated rings. The van der Waals surface area contributed by atoms with E-state index >= 15 is 0 Å².